The number of amides is 1. The first-order valence-electron chi connectivity index (χ1n) is 7.67. The van der Waals surface area contributed by atoms with Crippen molar-refractivity contribution in [2.75, 3.05) is 13.1 Å². The smallest absolute Gasteiger partial charge is 0.235 e. The molecule has 2 aliphatic carbocycles. The third-order valence-corrected chi connectivity index (χ3v) is 5.17. The lowest BCUT2D eigenvalue weighted by Gasteiger charge is -2.33. The largest absolute Gasteiger partial charge is 0.337 e. The Morgan fingerprint density at radius 2 is 2.11 bits per heavy atom. The monoisotopic (exact) mass is 261 g/mol. The summed E-state index contributed by atoms with van der Waals surface area (Å²) in [5, 5.41) is 12.4. The quantitative estimate of drug-likeness (QED) is 0.843. The molecule has 104 valence electrons. The summed E-state index contributed by atoms with van der Waals surface area (Å²) in [4.78, 5) is 14.5. The fourth-order valence-corrected chi connectivity index (χ4v) is 4.13. The van der Waals surface area contributed by atoms with E-state index in [1.807, 2.05) is 0 Å². The van der Waals surface area contributed by atoms with Crippen molar-refractivity contribution in [1.29, 1.82) is 5.26 Å². The van der Waals surface area contributed by atoms with Gasteiger partial charge in [-0.25, -0.2) is 0 Å². The van der Waals surface area contributed by atoms with Crippen molar-refractivity contribution in [3.63, 3.8) is 0 Å². The van der Waals surface area contributed by atoms with Crippen molar-refractivity contribution in [3.8, 4) is 6.07 Å². The molecule has 19 heavy (non-hydrogen) atoms. The van der Waals surface area contributed by atoms with Gasteiger partial charge in [-0.05, 0) is 38.0 Å². The highest BCUT2D eigenvalue weighted by atomic mass is 16.2. The van der Waals surface area contributed by atoms with Crippen LogP contribution < -0.4 is 5.32 Å². The molecular weight excluding hydrogens is 238 g/mol. The molecule has 3 rings (SSSR count). The van der Waals surface area contributed by atoms with Crippen molar-refractivity contribution in [1.82, 2.24) is 10.2 Å². The van der Waals surface area contributed by atoms with Crippen LogP contribution in [0.2, 0.25) is 0 Å². The molecule has 1 aliphatic heterocycles. The second-order valence-electron chi connectivity index (χ2n) is 6.57. The Balaban J connectivity index is 1.54. The summed E-state index contributed by atoms with van der Waals surface area (Å²) < 4.78 is 0. The summed E-state index contributed by atoms with van der Waals surface area (Å²) in [6.07, 6.45) is 8.81. The van der Waals surface area contributed by atoms with E-state index in [1.54, 1.807) is 0 Å². The van der Waals surface area contributed by atoms with Crippen LogP contribution in [0, 0.1) is 17.2 Å². The summed E-state index contributed by atoms with van der Waals surface area (Å²) in [7, 11) is 0. The Bertz CT molecular complexity index is 395. The van der Waals surface area contributed by atoms with Gasteiger partial charge >= 0.3 is 0 Å². The van der Waals surface area contributed by atoms with Gasteiger partial charge in [0.05, 0.1) is 12.6 Å². The number of piperidine rings is 1. The molecule has 1 amide bonds. The zero-order chi connectivity index (χ0) is 13.3. The van der Waals surface area contributed by atoms with Crippen LogP contribution >= 0.6 is 0 Å². The molecule has 0 aromatic heterocycles. The second-order valence-corrected chi connectivity index (χ2v) is 6.57. The Morgan fingerprint density at radius 1 is 1.32 bits per heavy atom. The van der Waals surface area contributed by atoms with Crippen molar-refractivity contribution >= 4 is 5.91 Å². The van der Waals surface area contributed by atoms with Crippen molar-refractivity contribution < 1.29 is 4.79 Å². The fraction of sp³-hybridized carbons (Fsp3) is 0.867. The van der Waals surface area contributed by atoms with E-state index in [-0.39, 0.29) is 5.91 Å². The molecule has 0 aromatic rings. The average Bonchev–Trinajstić information content (AvgIpc) is 3.02. The van der Waals surface area contributed by atoms with E-state index in [2.05, 4.69) is 16.3 Å². The highest BCUT2D eigenvalue weighted by Gasteiger charge is 2.39. The van der Waals surface area contributed by atoms with Crippen molar-refractivity contribution in [3.05, 3.63) is 0 Å². The molecule has 0 aromatic carbocycles. The minimum Gasteiger partial charge on any atom is -0.337 e. The molecule has 2 saturated carbocycles. The van der Waals surface area contributed by atoms with Crippen LogP contribution in [0.5, 0.6) is 0 Å². The molecule has 0 radical (unpaired) electrons. The van der Waals surface area contributed by atoms with Crippen molar-refractivity contribution in [2.24, 2.45) is 5.92 Å². The minimum atomic E-state index is -0.575. The first kappa shape index (κ1) is 12.9. The number of hydrogen-bond acceptors (Lipinski definition) is 3. The molecule has 2 bridgehead atoms. The van der Waals surface area contributed by atoms with Gasteiger partial charge < -0.3 is 5.32 Å². The highest BCUT2D eigenvalue weighted by molar-refractivity contribution is 5.79. The van der Waals surface area contributed by atoms with Gasteiger partial charge in [-0.1, -0.05) is 19.3 Å². The van der Waals surface area contributed by atoms with Crippen LogP contribution in [-0.4, -0.2) is 35.5 Å². The van der Waals surface area contributed by atoms with Crippen molar-refractivity contribution in [2.45, 2.75) is 62.9 Å². The second kappa shape index (κ2) is 5.13. The van der Waals surface area contributed by atoms with E-state index < -0.39 is 5.54 Å². The molecule has 1 heterocycles. The maximum atomic E-state index is 12.2. The van der Waals surface area contributed by atoms with Crippen LogP contribution in [-0.2, 0) is 4.79 Å². The van der Waals surface area contributed by atoms with E-state index in [9.17, 15) is 10.1 Å². The van der Waals surface area contributed by atoms with Gasteiger partial charge in [0, 0.05) is 12.6 Å². The van der Waals surface area contributed by atoms with Crippen LogP contribution in [0.15, 0.2) is 0 Å². The first-order chi connectivity index (χ1) is 9.21. The molecule has 0 spiro atoms. The summed E-state index contributed by atoms with van der Waals surface area (Å²) in [5.74, 6) is 0.869. The lowest BCUT2D eigenvalue weighted by Crippen LogP contribution is -2.52. The molecule has 1 saturated heterocycles. The SMILES string of the molecule is N#CC1(NC(=O)CN2CC3CCC2C3)CCCCC1. The number of hydrogen-bond donors (Lipinski definition) is 1. The predicted octanol–water partition coefficient (Wildman–Crippen LogP) is 1.81. The standard InChI is InChI=1S/C15H23N3O/c16-11-15(6-2-1-3-7-15)17-14(19)10-18-9-12-4-5-13(18)8-12/h12-13H,1-10H2,(H,17,19). The van der Waals surface area contributed by atoms with Gasteiger partial charge in [-0.15, -0.1) is 0 Å². The zero-order valence-corrected chi connectivity index (χ0v) is 11.5. The third kappa shape index (κ3) is 2.62. The molecule has 2 atom stereocenters. The Kier molecular flexibility index (Phi) is 3.49. The van der Waals surface area contributed by atoms with Crippen LogP contribution in [0.1, 0.15) is 51.4 Å². The van der Waals surface area contributed by atoms with E-state index in [0.29, 0.717) is 12.6 Å². The molecule has 3 fully saturated rings. The molecule has 4 heteroatoms. The van der Waals surface area contributed by atoms with E-state index in [0.717, 1.165) is 38.1 Å². The first-order valence-corrected chi connectivity index (χ1v) is 7.67. The van der Waals surface area contributed by atoms with Gasteiger partial charge in [0.2, 0.25) is 5.91 Å². The third-order valence-electron chi connectivity index (χ3n) is 5.17. The van der Waals surface area contributed by atoms with E-state index >= 15 is 0 Å². The number of rotatable bonds is 3. The Labute approximate surface area is 115 Å². The van der Waals surface area contributed by atoms with E-state index in [4.69, 9.17) is 0 Å². The molecule has 1 N–H and O–H groups in total. The Hall–Kier alpha value is -1.08. The topological polar surface area (TPSA) is 56.1 Å². The highest BCUT2D eigenvalue weighted by Crippen LogP contribution is 2.37. The number of carbonyl (C=O) groups is 1. The average molecular weight is 261 g/mol. The number of nitrogens with one attached hydrogen (secondary N) is 1. The maximum Gasteiger partial charge on any atom is 0.235 e. The van der Waals surface area contributed by atoms with Crippen LogP contribution in [0.25, 0.3) is 0 Å². The summed E-state index contributed by atoms with van der Waals surface area (Å²) >= 11 is 0. The van der Waals surface area contributed by atoms with Gasteiger partial charge in [0.15, 0.2) is 0 Å². The van der Waals surface area contributed by atoms with Crippen LogP contribution in [0.3, 0.4) is 0 Å². The number of carbonyl (C=O) groups excluding carboxylic acids is 1. The normalized spacial score (nSPS) is 33.0. The van der Waals surface area contributed by atoms with Gasteiger partial charge in [0.1, 0.15) is 5.54 Å². The number of nitrogens with zero attached hydrogens (tertiary/aromatic N) is 2. The number of likely N-dealkylation sites (tertiary alicyclic amines) is 1. The fourth-order valence-electron chi connectivity index (χ4n) is 4.13. The summed E-state index contributed by atoms with van der Waals surface area (Å²) in [6.45, 7) is 1.57. The summed E-state index contributed by atoms with van der Waals surface area (Å²) in [6, 6.07) is 2.98. The molecular formula is C15H23N3O. The number of fused-ring (bicyclic) bond motifs is 2. The molecule has 2 unspecified atom stereocenters. The van der Waals surface area contributed by atoms with Gasteiger partial charge in [-0.3, -0.25) is 9.69 Å². The lowest BCUT2D eigenvalue weighted by molar-refractivity contribution is -0.124. The zero-order valence-electron chi connectivity index (χ0n) is 11.5. The maximum absolute atomic E-state index is 12.2. The minimum absolute atomic E-state index is 0.0519. The number of nitriles is 1. The lowest BCUT2D eigenvalue weighted by atomic mass is 9.83. The van der Waals surface area contributed by atoms with Gasteiger partial charge in [0.25, 0.3) is 0 Å². The van der Waals surface area contributed by atoms with E-state index in [1.165, 1.54) is 25.7 Å². The Morgan fingerprint density at radius 3 is 2.68 bits per heavy atom. The summed E-state index contributed by atoms with van der Waals surface area (Å²) in [5.41, 5.74) is -0.575. The molecule has 4 nitrogen and oxygen atoms in total. The van der Waals surface area contributed by atoms with Crippen LogP contribution in [0.4, 0.5) is 0 Å². The van der Waals surface area contributed by atoms with Gasteiger partial charge in [-0.2, -0.15) is 5.26 Å². The molecule has 3 aliphatic rings. The predicted molar refractivity (Wildman–Crippen MR) is 72.3 cm³/mol.